The number of aromatic nitrogens is 3. The van der Waals surface area contributed by atoms with Gasteiger partial charge in [-0.05, 0) is 17.9 Å². The molecule has 0 unspecified atom stereocenters. The molecular formula is C10H13N3O3S. The fraction of sp³-hybridized carbons (Fsp3) is 0.400. The van der Waals surface area contributed by atoms with E-state index >= 15 is 0 Å². The van der Waals surface area contributed by atoms with Crippen LogP contribution in [0.5, 0.6) is 0 Å². The molecule has 0 saturated heterocycles. The van der Waals surface area contributed by atoms with Crippen LogP contribution >= 0.6 is 11.8 Å². The second-order valence-electron chi connectivity index (χ2n) is 3.30. The number of unbranched alkanes of at least 4 members (excludes halogenated alkanes) is 1. The Balaban J connectivity index is 2.55. The average Bonchev–Trinajstić information content (AvgIpc) is 2.29. The van der Waals surface area contributed by atoms with Gasteiger partial charge in [-0.25, -0.2) is 9.89 Å². The Hall–Kier alpha value is -1.63. The lowest BCUT2D eigenvalue weighted by atomic mass is 10.2. The Morgan fingerprint density at radius 1 is 1.47 bits per heavy atom. The molecule has 0 amide bonds. The van der Waals surface area contributed by atoms with Gasteiger partial charge in [0.2, 0.25) is 0 Å². The van der Waals surface area contributed by atoms with E-state index in [0.717, 1.165) is 24.6 Å². The molecule has 0 atom stereocenters. The van der Waals surface area contributed by atoms with E-state index in [1.54, 1.807) is 0 Å². The van der Waals surface area contributed by atoms with Crippen molar-refractivity contribution in [2.45, 2.75) is 31.2 Å². The summed E-state index contributed by atoms with van der Waals surface area (Å²) in [5.74, 6) is 0.0141. The molecule has 92 valence electrons. The number of rotatable bonds is 6. The molecule has 0 aliphatic heterocycles. The largest absolute Gasteiger partial charge is 0.342 e. The summed E-state index contributed by atoms with van der Waals surface area (Å²) in [5.41, 5.74) is -1.22. The summed E-state index contributed by atoms with van der Waals surface area (Å²) in [6, 6.07) is 0. The maximum atomic E-state index is 11.3. The summed E-state index contributed by atoms with van der Waals surface area (Å²) in [6.45, 7) is 2.01. The van der Waals surface area contributed by atoms with Crippen molar-refractivity contribution in [3.05, 3.63) is 32.3 Å². The van der Waals surface area contributed by atoms with E-state index in [9.17, 15) is 14.4 Å². The zero-order valence-electron chi connectivity index (χ0n) is 9.36. The van der Waals surface area contributed by atoms with Crippen LogP contribution in [0.15, 0.2) is 26.1 Å². The molecule has 0 bridgehead atoms. The molecule has 2 N–H and O–H groups in total. The first-order valence-corrected chi connectivity index (χ1v) is 6.06. The molecule has 6 nitrogen and oxygen atoms in total. The summed E-state index contributed by atoms with van der Waals surface area (Å²) in [6.07, 6.45) is 3.73. The van der Waals surface area contributed by atoms with Crippen molar-refractivity contribution in [1.82, 2.24) is 15.2 Å². The average molecular weight is 255 g/mol. The molecule has 17 heavy (non-hydrogen) atoms. The lowest BCUT2D eigenvalue weighted by Gasteiger charge is -1.93. The minimum Gasteiger partial charge on any atom is -0.295 e. The van der Waals surface area contributed by atoms with Crippen molar-refractivity contribution in [1.29, 1.82) is 0 Å². The summed E-state index contributed by atoms with van der Waals surface area (Å²) >= 11 is 0.991. The van der Waals surface area contributed by atoms with E-state index in [0.29, 0.717) is 6.42 Å². The highest BCUT2D eigenvalue weighted by atomic mass is 32.2. The molecule has 1 rings (SSSR count). The van der Waals surface area contributed by atoms with Crippen LogP contribution in [0.25, 0.3) is 0 Å². The highest BCUT2D eigenvalue weighted by Gasteiger charge is 2.01. The van der Waals surface area contributed by atoms with Crippen LogP contribution in [0.4, 0.5) is 0 Å². The van der Waals surface area contributed by atoms with Gasteiger partial charge in [0.1, 0.15) is 0 Å². The van der Waals surface area contributed by atoms with Gasteiger partial charge in [-0.3, -0.25) is 14.6 Å². The minimum absolute atomic E-state index is 0.0141. The number of thioether (sulfide) groups is 1. The highest BCUT2D eigenvalue weighted by molar-refractivity contribution is 8.02. The fourth-order valence-electron chi connectivity index (χ4n) is 1.03. The number of carbonyl (C=O) groups is 1. The summed E-state index contributed by atoms with van der Waals surface area (Å²) in [4.78, 5) is 35.2. The van der Waals surface area contributed by atoms with Crippen molar-refractivity contribution in [3.8, 4) is 0 Å². The van der Waals surface area contributed by atoms with E-state index in [-0.39, 0.29) is 10.8 Å². The number of allylic oxidation sites excluding steroid dienone is 1. The third-order valence-corrected chi connectivity index (χ3v) is 2.66. The maximum Gasteiger partial charge on any atom is 0.342 e. The van der Waals surface area contributed by atoms with Crippen LogP contribution in [-0.2, 0) is 4.79 Å². The molecule has 0 aromatic carbocycles. The summed E-state index contributed by atoms with van der Waals surface area (Å²) in [5, 5.41) is 7.26. The van der Waals surface area contributed by atoms with Crippen LogP contribution in [0.2, 0.25) is 0 Å². The van der Waals surface area contributed by atoms with Gasteiger partial charge in [0.15, 0.2) is 10.8 Å². The van der Waals surface area contributed by atoms with Crippen LogP contribution in [0.1, 0.15) is 26.2 Å². The second-order valence-corrected chi connectivity index (χ2v) is 4.20. The molecule has 1 aromatic rings. The Bertz CT molecular complexity index is 518. The van der Waals surface area contributed by atoms with Gasteiger partial charge >= 0.3 is 5.69 Å². The lowest BCUT2D eigenvalue weighted by Crippen LogP contribution is -2.24. The standard InChI is InChI=1S/C10H13N3O3S/c1-2-3-4-7(14)5-6-17-9-8(15)11-10(16)13-12-9/h5-6H,2-4H2,1H3,(H2,11,13,15,16). The molecule has 0 aliphatic rings. The minimum atomic E-state index is -0.651. The van der Waals surface area contributed by atoms with Crippen molar-refractivity contribution in [2.24, 2.45) is 0 Å². The molecule has 7 heteroatoms. The zero-order valence-corrected chi connectivity index (χ0v) is 10.2. The number of hydrogen-bond donors (Lipinski definition) is 2. The van der Waals surface area contributed by atoms with E-state index in [2.05, 4.69) is 10.2 Å². The van der Waals surface area contributed by atoms with Crippen molar-refractivity contribution < 1.29 is 4.79 Å². The van der Waals surface area contributed by atoms with Crippen molar-refractivity contribution in [2.75, 3.05) is 0 Å². The van der Waals surface area contributed by atoms with Crippen LogP contribution in [-0.4, -0.2) is 21.0 Å². The Morgan fingerprint density at radius 3 is 2.88 bits per heavy atom. The van der Waals surface area contributed by atoms with Crippen LogP contribution < -0.4 is 11.2 Å². The van der Waals surface area contributed by atoms with Gasteiger partial charge in [0.05, 0.1) is 0 Å². The monoisotopic (exact) mass is 255 g/mol. The number of ketones is 1. The number of H-pyrrole nitrogens is 2. The third-order valence-electron chi connectivity index (χ3n) is 1.89. The van der Waals surface area contributed by atoms with Gasteiger partial charge in [0, 0.05) is 6.42 Å². The molecule has 0 spiro atoms. The zero-order chi connectivity index (χ0) is 12.7. The number of nitrogens with one attached hydrogen (secondary N) is 2. The first-order chi connectivity index (χ1) is 8.13. The first-order valence-electron chi connectivity index (χ1n) is 5.18. The molecule has 1 heterocycles. The van der Waals surface area contributed by atoms with Gasteiger partial charge in [-0.1, -0.05) is 25.1 Å². The molecule has 0 saturated carbocycles. The normalized spacial score (nSPS) is 10.9. The second kappa shape index (κ2) is 6.85. The van der Waals surface area contributed by atoms with Crippen LogP contribution in [0, 0.1) is 0 Å². The fourth-order valence-corrected chi connectivity index (χ4v) is 1.63. The van der Waals surface area contributed by atoms with E-state index in [1.165, 1.54) is 11.5 Å². The van der Waals surface area contributed by atoms with Gasteiger partial charge < -0.3 is 0 Å². The molecule has 1 aromatic heterocycles. The Labute approximate surface area is 102 Å². The smallest absolute Gasteiger partial charge is 0.295 e. The van der Waals surface area contributed by atoms with Gasteiger partial charge in [-0.2, -0.15) is 5.10 Å². The highest BCUT2D eigenvalue weighted by Crippen LogP contribution is 2.10. The SMILES string of the molecule is CCCCC(=O)C=CSc1n[nH]c(=O)[nH]c1=O. The lowest BCUT2D eigenvalue weighted by molar-refractivity contribution is -0.114. The number of hydrogen-bond acceptors (Lipinski definition) is 5. The predicted octanol–water partition coefficient (Wildman–Crippen LogP) is 0.823. The summed E-state index contributed by atoms with van der Waals surface area (Å²) in [7, 11) is 0. The number of aromatic amines is 2. The molecular weight excluding hydrogens is 242 g/mol. The number of nitrogens with zero attached hydrogens (tertiary/aromatic N) is 1. The van der Waals surface area contributed by atoms with Gasteiger partial charge in [-0.15, -0.1) is 0 Å². The van der Waals surface area contributed by atoms with Gasteiger partial charge in [0.25, 0.3) is 5.56 Å². The third kappa shape index (κ3) is 4.81. The van der Waals surface area contributed by atoms with E-state index in [4.69, 9.17) is 0 Å². The summed E-state index contributed by atoms with van der Waals surface area (Å²) < 4.78 is 0. The molecule has 0 aliphatic carbocycles. The number of carbonyl (C=O) groups excluding carboxylic acids is 1. The van der Waals surface area contributed by atoms with E-state index in [1.807, 2.05) is 11.9 Å². The topological polar surface area (TPSA) is 95.7 Å². The Morgan fingerprint density at radius 2 is 2.24 bits per heavy atom. The van der Waals surface area contributed by atoms with Crippen LogP contribution in [0.3, 0.4) is 0 Å². The molecule has 0 fully saturated rings. The van der Waals surface area contributed by atoms with Crippen molar-refractivity contribution >= 4 is 17.5 Å². The van der Waals surface area contributed by atoms with E-state index < -0.39 is 11.2 Å². The first kappa shape index (κ1) is 13.4. The predicted molar refractivity (Wildman–Crippen MR) is 65.0 cm³/mol. The Kier molecular flexibility index (Phi) is 5.41. The molecule has 0 radical (unpaired) electrons. The maximum absolute atomic E-state index is 11.3. The quantitative estimate of drug-likeness (QED) is 0.579. The van der Waals surface area contributed by atoms with Crippen molar-refractivity contribution in [3.63, 3.8) is 0 Å².